The minimum atomic E-state index is -1.05. The van der Waals surface area contributed by atoms with E-state index in [1.165, 1.54) is 6.07 Å². The molecule has 120 valence electrons. The molecule has 1 aliphatic rings. The summed E-state index contributed by atoms with van der Waals surface area (Å²) >= 11 is 0. The summed E-state index contributed by atoms with van der Waals surface area (Å²) in [4.78, 5) is 33.9. The van der Waals surface area contributed by atoms with E-state index >= 15 is 0 Å². The van der Waals surface area contributed by atoms with E-state index in [2.05, 4.69) is 10.6 Å². The first-order valence-electron chi connectivity index (χ1n) is 7.34. The summed E-state index contributed by atoms with van der Waals surface area (Å²) in [6.07, 6.45) is 2.80. The van der Waals surface area contributed by atoms with Crippen LogP contribution in [0, 0.1) is 12.8 Å². The van der Waals surface area contributed by atoms with E-state index < -0.39 is 5.97 Å². The number of hydrogen-bond donors (Lipinski definition) is 3. The van der Waals surface area contributed by atoms with Crippen molar-refractivity contribution in [3.8, 4) is 0 Å². The molecule has 2 amide bonds. The van der Waals surface area contributed by atoms with E-state index in [4.69, 9.17) is 9.52 Å². The fourth-order valence-corrected chi connectivity index (χ4v) is 2.07. The quantitative estimate of drug-likeness (QED) is 0.625. The average molecular weight is 308 g/mol. The Morgan fingerprint density at radius 1 is 1.32 bits per heavy atom. The lowest BCUT2D eigenvalue weighted by molar-refractivity contribution is -0.123. The van der Waals surface area contributed by atoms with E-state index in [0.717, 1.165) is 12.8 Å². The maximum absolute atomic E-state index is 11.7. The van der Waals surface area contributed by atoms with Gasteiger partial charge in [-0.1, -0.05) is 0 Å². The Kier molecular flexibility index (Phi) is 5.19. The second-order valence-electron chi connectivity index (χ2n) is 5.43. The van der Waals surface area contributed by atoms with Crippen molar-refractivity contribution in [1.82, 2.24) is 10.6 Å². The molecule has 0 saturated heterocycles. The molecule has 0 aromatic carbocycles. The Morgan fingerprint density at radius 3 is 2.64 bits per heavy atom. The molecule has 1 fully saturated rings. The molecule has 1 aliphatic carbocycles. The van der Waals surface area contributed by atoms with Gasteiger partial charge in [0.1, 0.15) is 17.1 Å². The van der Waals surface area contributed by atoms with Crippen LogP contribution in [0.25, 0.3) is 0 Å². The SMILES string of the molecule is Cc1oc(CNC(=O)CCCNC(=O)C2CC2)cc1C(=O)O. The zero-order valence-electron chi connectivity index (χ0n) is 12.5. The van der Waals surface area contributed by atoms with Crippen LogP contribution in [0.15, 0.2) is 10.5 Å². The van der Waals surface area contributed by atoms with Gasteiger partial charge in [-0.2, -0.15) is 0 Å². The molecule has 1 heterocycles. The summed E-state index contributed by atoms with van der Waals surface area (Å²) in [5, 5.41) is 14.4. The number of furan rings is 1. The summed E-state index contributed by atoms with van der Waals surface area (Å²) in [6, 6.07) is 1.41. The van der Waals surface area contributed by atoms with E-state index in [9.17, 15) is 14.4 Å². The van der Waals surface area contributed by atoms with Crippen molar-refractivity contribution in [2.24, 2.45) is 5.92 Å². The van der Waals surface area contributed by atoms with Gasteiger partial charge in [0.25, 0.3) is 0 Å². The van der Waals surface area contributed by atoms with Crippen molar-refractivity contribution in [2.45, 2.75) is 39.2 Å². The number of carboxylic acids is 1. The molecule has 3 N–H and O–H groups in total. The van der Waals surface area contributed by atoms with Crippen LogP contribution in [0.3, 0.4) is 0 Å². The number of amides is 2. The van der Waals surface area contributed by atoms with Gasteiger partial charge in [-0.25, -0.2) is 4.79 Å². The minimum absolute atomic E-state index is 0.0765. The molecule has 0 spiro atoms. The van der Waals surface area contributed by atoms with Gasteiger partial charge in [0, 0.05) is 18.9 Å². The van der Waals surface area contributed by atoms with Crippen LogP contribution < -0.4 is 10.6 Å². The highest BCUT2D eigenvalue weighted by Crippen LogP contribution is 2.28. The van der Waals surface area contributed by atoms with Gasteiger partial charge < -0.3 is 20.2 Å². The molecule has 1 aromatic heterocycles. The number of carbonyl (C=O) groups excluding carboxylic acids is 2. The first-order chi connectivity index (χ1) is 10.5. The molecule has 2 rings (SSSR count). The maximum atomic E-state index is 11.7. The molecule has 7 heteroatoms. The predicted molar refractivity (Wildman–Crippen MR) is 77.2 cm³/mol. The Morgan fingerprint density at radius 2 is 2.05 bits per heavy atom. The zero-order chi connectivity index (χ0) is 16.1. The van der Waals surface area contributed by atoms with Gasteiger partial charge >= 0.3 is 5.97 Å². The van der Waals surface area contributed by atoms with Gasteiger partial charge in [-0.3, -0.25) is 9.59 Å². The topological polar surface area (TPSA) is 109 Å². The normalized spacial score (nSPS) is 13.7. The summed E-state index contributed by atoms with van der Waals surface area (Å²) < 4.78 is 5.26. The number of hydrogen-bond acceptors (Lipinski definition) is 4. The molecule has 0 unspecified atom stereocenters. The van der Waals surface area contributed by atoms with Gasteiger partial charge in [-0.15, -0.1) is 0 Å². The highest BCUT2D eigenvalue weighted by molar-refractivity contribution is 5.88. The second-order valence-corrected chi connectivity index (χ2v) is 5.43. The van der Waals surface area contributed by atoms with Crippen LogP contribution in [0.1, 0.15) is 47.6 Å². The van der Waals surface area contributed by atoms with Crippen molar-refractivity contribution >= 4 is 17.8 Å². The fourth-order valence-electron chi connectivity index (χ4n) is 2.07. The molecule has 1 aromatic rings. The maximum Gasteiger partial charge on any atom is 0.339 e. The van der Waals surface area contributed by atoms with E-state index in [1.54, 1.807) is 6.92 Å². The van der Waals surface area contributed by atoms with Gasteiger partial charge in [0.2, 0.25) is 11.8 Å². The van der Waals surface area contributed by atoms with Gasteiger partial charge in [-0.05, 0) is 32.3 Å². The summed E-state index contributed by atoms with van der Waals surface area (Å²) in [5.41, 5.74) is 0.104. The van der Waals surface area contributed by atoms with Gasteiger partial charge in [0.05, 0.1) is 6.54 Å². The molecule has 0 radical (unpaired) electrons. The Labute approximate surface area is 128 Å². The number of nitrogens with one attached hydrogen (secondary N) is 2. The molecular weight excluding hydrogens is 288 g/mol. The first-order valence-corrected chi connectivity index (χ1v) is 7.34. The lowest BCUT2D eigenvalue weighted by Gasteiger charge is -2.05. The third kappa shape index (κ3) is 4.61. The summed E-state index contributed by atoms with van der Waals surface area (Å²) in [6.45, 7) is 2.21. The second kappa shape index (κ2) is 7.11. The van der Waals surface area contributed by atoms with E-state index in [0.29, 0.717) is 30.9 Å². The Hall–Kier alpha value is -2.31. The molecule has 0 aliphatic heterocycles. The van der Waals surface area contributed by atoms with Crippen LogP contribution in [0.2, 0.25) is 0 Å². The first kappa shape index (κ1) is 16.1. The summed E-state index contributed by atoms with van der Waals surface area (Å²) in [5.74, 6) is -0.228. The molecule has 0 bridgehead atoms. The summed E-state index contributed by atoms with van der Waals surface area (Å²) in [7, 11) is 0. The molecule has 1 saturated carbocycles. The van der Waals surface area contributed by atoms with Crippen LogP contribution in [-0.2, 0) is 16.1 Å². The standard InChI is InChI=1S/C15H20N2O5/c1-9-12(15(20)21)7-11(22-9)8-17-13(18)3-2-6-16-14(19)10-4-5-10/h7,10H,2-6,8H2,1H3,(H,16,19)(H,17,18)(H,20,21). The Balaban J connectivity index is 1.63. The highest BCUT2D eigenvalue weighted by atomic mass is 16.4. The number of aromatic carboxylic acids is 1. The lowest BCUT2D eigenvalue weighted by Crippen LogP contribution is -2.28. The van der Waals surface area contributed by atoms with E-state index in [1.807, 2.05) is 0 Å². The van der Waals surface area contributed by atoms with Crippen molar-refractivity contribution in [1.29, 1.82) is 0 Å². The number of aryl methyl sites for hydroxylation is 1. The van der Waals surface area contributed by atoms with Crippen molar-refractivity contribution < 1.29 is 23.9 Å². The van der Waals surface area contributed by atoms with Crippen molar-refractivity contribution in [2.75, 3.05) is 6.54 Å². The fraction of sp³-hybridized carbons (Fsp3) is 0.533. The van der Waals surface area contributed by atoms with Crippen LogP contribution >= 0.6 is 0 Å². The van der Waals surface area contributed by atoms with Crippen molar-refractivity contribution in [3.63, 3.8) is 0 Å². The molecular formula is C15H20N2O5. The third-order valence-electron chi connectivity index (χ3n) is 3.49. The number of rotatable bonds is 8. The van der Waals surface area contributed by atoms with Gasteiger partial charge in [0.15, 0.2) is 0 Å². The Bertz CT molecular complexity index is 574. The third-order valence-corrected chi connectivity index (χ3v) is 3.49. The zero-order valence-corrected chi connectivity index (χ0v) is 12.5. The minimum Gasteiger partial charge on any atom is -0.478 e. The van der Waals surface area contributed by atoms with Crippen LogP contribution in [-0.4, -0.2) is 29.4 Å². The predicted octanol–water partition coefficient (Wildman–Crippen LogP) is 1.21. The van der Waals surface area contributed by atoms with Crippen LogP contribution in [0.4, 0.5) is 0 Å². The number of carboxylic acid groups (broad SMARTS) is 1. The van der Waals surface area contributed by atoms with Crippen molar-refractivity contribution in [3.05, 3.63) is 23.2 Å². The molecule has 7 nitrogen and oxygen atoms in total. The molecule has 0 atom stereocenters. The largest absolute Gasteiger partial charge is 0.478 e. The smallest absolute Gasteiger partial charge is 0.339 e. The molecule has 22 heavy (non-hydrogen) atoms. The number of carbonyl (C=O) groups is 3. The average Bonchev–Trinajstić information content (AvgIpc) is 3.24. The van der Waals surface area contributed by atoms with Crippen LogP contribution in [0.5, 0.6) is 0 Å². The van der Waals surface area contributed by atoms with E-state index in [-0.39, 0.29) is 29.8 Å². The monoisotopic (exact) mass is 308 g/mol. The highest BCUT2D eigenvalue weighted by Gasteiger charge is 2.28. The lowest BCUT2D eigenvalue weighted by atomic mass is 10.2.